The van der Waals surface area contributed by atoms with E-state index in [4.69, 9.17) is 9.26 Å². The van der Waals surface area contributed by atoms with Crippen LogP contribution in [-0.4, -0.2) is 60.3 Å². The molecule has 1 atom stereocenters. The third-order valence-electron chi connectivity index (χ3n) is 5.76. The van der Waals surface area contributed by atoms with Crippen LogP contribution in [0, 0.1) is 13.8 Å². The van der Waals surface area contributed by atoms with Gasteiger partial charge < -0.3 is 14.2 Å². The van der Waals surface area contributed by atoms with Crippen molar-refractivity contribution in [3.63, 3.8) is 0 Å². The standard InChI is InChI=1S/C21H27N3O3/c1-15-20(16(2)27-22-15)13-23-7-9-24(10-8-23)21(25)18-5-3-4-17(12-18)19-6-11-26-14-19/h3-5,12,19H,6-11,13-14H2,1-2H3. The van der Waals surface area contributed by atoms with Gasteiger partial charge in [0.15, 0.2) is 0 Å². The third kappa shape index (κ3) is 3.92. The molecule has 3 heterocycles. The molecule has 0 spiro atoms. The Kier molecular flexibility index (Phi) is 5.27. The number of nitrogens with zero attached hydrogens (tertiary/aromatic N) is 3. The lowest BCUT2D eigenvalue weighted by atomic mass is 9.96. The number of hydrogen-bond donors (Lipinski definition) is 0. The second kappa shape index (κ2) is 7.82. The summed E-state index contributed by atoms with van der Waals surface area (Å²) in [6, 6.07) is 8.09. The van der Waals surface area contributed by atoms with Gasteiger partial charge in [-0.05, 0) is 38.0 Å². The van der Waals surface area contributed by atoms with Crippen molar-refractivity contribution >= 4 is 5.91 Å². The topological polar surface area (TPSA) is 58.8 Å². The number of carbonyl (C=O) groups is 1. The zero-order valence-electron chi connectivity index (χ0n) is 16.1. The van der Waals surface area contributed by atoms with Gasteiger partial charge in [0.2, 0.25) is 0 Å². The minimum atomic E-state index is 0.132. The van der Waals surface area contributed by atoms with Gasteiger partial charge in [-0.1, -0.05) is 17.3 Å². The van der Waals surface area contributed by atoms with Gasteiger partial charge in [0, 0.05) is 56.4 Å². The summed E-state index contributed by atoms with van der Waals surface area (Å²) in [5, 5.41) is 4.03. The van der Waals surface area contributed by atoms with E-state index in [1.165, 1.54) is 11.1 Å². The van der Waals surface area contributed by atoms with Crippen molar-refractivity contribution in [1.82, 2.24) is 15.0 Å². The smallest absolute Gasteiger partial charge is 0.253 e. The van der Waals surface area contributed by atoms with Crippen LogP contribution < -0.4 is 0 Å². The Morgan fingerprint density at radius 1 is 1.22 bits per heavy atom. The number of aryl methyl sites for hydroxylation is 2. The SMILES string of the molecule is Cc1noc(C)c1CN1CCN(C(=O)c2cccc(C3CCOC3)c2)CC1. The van der Waals surface area contributed by atoms with Crippen LogP contribution in [0.5, 0.6) is 0 Å². The highest BCUT2D eigenvalue weighted by Crippen LogP contribution is 2.26. The average molecular weight is 369 g/mol. The molecule has 2 aliphatic rings. The number of aromatic nitrogens is 1. The molecule has 6 nitrogen and oxygen atoms in total. The lowest BCUT2D eigenvalue weighted by Crippen LogP contribution is -2.48. The van der Waals surface area contributed by atoms with Crippen LogP contribution in [0.2, 0.25) is 0 Å². The molecule has 2 saturated heterocycles. The summed E-state index contributed by atoms with van der Waals surface area (Å²) in [6.07, 6.45) is 1.04. The van der Waals surface area contributed by atoms with E-state index in [1.807, 2.05) is 30.9 Å². The number of ether oxygens (including phenoxy) is 1. The summed E-state index contributed by atoms with van der Waals surface area (Å²) in [5.74, 6) is 1.44. The highest BCUT2D eigenvalue weighted by atomic mass is 16.5. The Labute approximate surface area is 160 Å². The summed E-state index contributed by atoms with van der Waals surface area (Å²) in [7, 11) is 0. The van der Waals surface area contributed by atoms with Gasteiger partial charge >= 0.3 is 0 Å². The van der Waals surface area contributed by atoms with Crippen molar-refractivity contribution in [2.24, 2.45) is 0 Å². The molecule has 0 N–H and O–H groups in total. The van der Waals surface area contributed by atoms with Crippen molar-refractivity contribution in [1.29, 1.82) is 0 Å². The second-order valence-electron chi connectivity index (χ2n) is 7.56. The highest BCUT2D eigenvalue weighted by Gasteiger charge is 2.25. The van der Waals surface area contributed by atoms with Gasteiger partial charge in [0.25, 0.3) is 5.91 Å². The quantitative estimate of drug-likeness (QED) is 0.829. The molecule has 1 aromatic carbocycles. The number of rotatable bonds is 4. The Balaban J connectivity index is 1.36. The van der Waals surface area contributed by atoms with Gasteiger partial charge in [-0.25, -0.2) is 0 Å². The van der Waals surface area contributed by atoms with Crippen LogP contribution in [0.25, 0.3) is 0 Å². The van der Waals surface area contributed by atoms with Crippen LogP contribution in [0.3, 0.4) is 0 Å². The first-order valence-electron chi connectivity index (χ1n) is 9.73. The predicted molar refractivity (Wildman–Crippen MR) is 102 cm³/mol. The summed E-state index contributed by atoms with van der Waals surface area (Å²) in [4.78, 5) is 17.3. The number of benzene rings is 1. The first-order chi connectivity index (χ1) is 13.1. The van der Waals surface area contributed by atoms with Gasteiger partial charge in [0.05, 0.1) is 12.3 Å². The fraction of sp³-hybridized carbons (Fsp3) is 0.524. The van der Waals surface area contributed by atoms with E-state index in [0.29, 0.717) is 5.92 Å². The predicted octanol–water partition coefficient (Wildman–Crippen LogP) is 2.75. The van der Waals surface area contributed by atoms with E-state index < -0.39 is 0 Å². The van der Waals surface area contributed by atoms with Crippen LogP contribution in [0.4, 0.5) is 0 Å². The molecule has 2 fully saturated rings. The molecule has 4 rings (SSSR count). The molecule has 0 radical (unpaired) electrons. The van der Waals surface area contributed by atoms with Crippen LogP contribution in [0.15, 0.2) is 28.8 Å². The number of piperazine rings is 1. The Morgan fingerprint density at radius 2 is 2.04 bits per heavy atom. The summed E-state index contributed by atoms with van der Waals surface area (Å²) in [6.45, 7) is 9.58. The fourth-order valence-electron chi connectivity index (χ4n) is 3.97. The van der Waals surface area contributed by atoms with Crippen LogP contribution >= 0.6 is 0 Å². The molecule has 0 bridgehead atoms. The van der Waals surface area contributed by atoms with Crippen LogP contribution in [0.1, 0.15) is 45.3 Å². The molecule has 2 aliphatic heterocycles. The fourth-order valence-corrected chi connectivity index (χ4v) is 3.97. The molecule has 6 heteroatoms. The monoisotopic (exact) mass is 369 g/mol. The minimum absolute atomic E-state index is 0.132. The van der Waals surface area contributed by atoms with Crippen molar-refractivity contribution in [2.75, 3.05) is 39.4 Å². The molecule has 0 saturated carbocycles. The largest absolute Gasteiger partial charge is 0.381 e. The summed E-state index contributed by atoms with van der Waals surface area (Å²) < 4.78 is 10.7. The van der Waals surface area contributed by atoms with E-state index in [1.54, 1.807) is 0 Å². The van der Waals surface area contributed by atoms with E-state index in [-0.39, 0.29) is 5.91 Å². The number of carbonyl (C=O) groups excluding carboxylic acids is 1. The van der Waals surface area contributed by atoms with E-state index >= 15 is 0 Å². The lowest BCUT2D eigenvalue weighted by molar-refractivity contribution is 0.0627. The summed E-state index contributed by atoms with van der Waals surface area (Å²) >= 11 is 0. The Bertz CT molecular complexity index is 783. The molecule has 1 unspecified atom stereocenters. The minimum Gasteiger partial charge on any atom is -0.381 e. The lowest BCUT2D eigenvalue weighted by Gasteiger charge is -2.34. The maximum absolute atomic E-state index is 12.9. The molecule has 27 heavy (non-hydrogen) atoms. The van der Waals surface area contributed by atoms with E-state index in [2.05, 4.69) is 22.2 Å². The van der Waals surface area contributed by atoms with Crippen molar-refractivity contribution in [3.8, 4) is 0 Å². The summed E-state index contributed by atoms with van der Waals surface area (Å²) in [5.41, 5.74) is 4.13. The molecule has 1 aromatic heterocycles. The molecule has 2 aromatic rings. The second-order valence-corrected chi connectivity index (χ2v) is 7.56. The average Bonchev–Trinajstić information content (AvgIpc) is 3.34. The third-order valence-corrected chi connectivity index (χ3v) is 5.76. The van der Waals surface area contributed by atoms with Gasteiger partial charge in [-0.15, -0.1) is 0 Å². The first-order valence-corrected chi connectivity index (χ1v) is 9.73. The number of hydrogen-bond acceptors (Lipinski definition) is 5. The first kappa shape index (κ1) is 18.2. The van der Waals surface area contributed by atoms with E-state index in [0.717, 1.165) is 69.4 Å². The van der Waals surface area contributed by atoms with Crippen molar-refractivity contribution < 1.29 is 14.1 Å². The molecule has 144 valence electrons. The normalized spacial score (nSPS) is 21.0. The molecule has 0 aliphatic carbocycles. The van der Waals surface area contributed by atoms with Gasteiger partial charge in [-0.2, -0.15) is 0 Å². The maximum atomic E-state index is 12.9. The zero-order chi connectivity index (χ0) is 18.8. The van der Waals surface area contributed by atoms with Gasteiger partial charge in [0.1, 0.15) is 5.76 Å². The van der Waals surface area contributed by atoms with Crippen LogP contribution in [-0.2, 0) is 11.3 Å². The molecule has 1 amide bonds. The van der Waals surface area contributed by atoms with Crippen molar-refractivity contribution in [2.45, 2.75) is 32.7 Å². The Hall–Kier alpha value is -2.18. The highest BCUT2D eigenvalue weighted by molar-refractivity contribution is 5.94. The van der Waals surface area contributed by atoms with Gasteiger partial charge in [-0.3, -0.25) is 9.69 Å². The van der Waals surface area contributed by atoms with E-state index in [9.17, 15) is 4.79 Å². The molecular weight excluding hydrogens is 342 g/mol. The van der Waals surface area contributed by atoms with Crippen molar-refractivity contribution in [3.05, 3.63) is 52.4 Å². The number of amides is 1. The zero-order valence-corrected chi connectivity index (χ0v) is 16.1. The molecular formula is C21H27N3O3. The maximum Gasteiger partial charge on any atom is 0.253 e. The Morgan fingerprint density at radius 3 is 2.70 bits per heavy atom.